The molecule has 0 aromatic heterocycles. The summed E-state index contributed by atoms with van der Waals surface area (Å²) in [6.07, 6.45) is 10.4. The Labute approximate surface area is 211 Å². The zero-order valence-electron chi connectivity index (χ0n) is 22.0. The lowest BCUT2D eigenvalue weighted by Crippen LogP contribution is -2.37. The van der Waals surface area contributed by atoms with Gasteiger partial charge in [0.15, 0.2) is 0 Å². The Morgan fingerprint density at radius 3 is 2.57 bits per heavy atom. The van der Waals surface area contributed by atoms with Crippen molar-refractivity contribution in [3.63, 3.8) is 0 Å². The highest BCUT2D eigenvalue weighted by Crippen LogP contribution is 2.59. The number of benzene rings is 1. The van der Waals surface area contributed by atoms with E-state index in [2.05, 4.69) is 32.6 Å². The Bertz CT molecular complexity index is 968. The van der Waals surface area contributed by atoms with E-state index in [1.807, 2.05) is 24.3 Å². The van der Waals surface area contributed by atoms with E-state index in [1.165, 1.54) is 31.3 Å². The summed E-state index contributed by atoms with van der Waals surface area (Å²) in [6.45, 7) is 12.9. The first kappa shape index (κ1) is 26.2. The number of rotatable bonds is 6. The zero-order valence-corrected chi connectivity index (χ0v) is 22.0. The molecule has 4 unspecified atom stereocenters. The molecule has 0 saturated heterocycles. The van der Waals surface area contributed by atoms with Crippen LogP contribution in [0, 0.1) is 23.2 Å². The molecule has 3 N–H and O–H groups in total. The summed E-state index contributed by atoms with van der Waals surface area (Å²) in [5, 5.41) is 30.7. The fourth-order valence-corrected chi connectivity index (χ4v) is 6.95. The molecule has 4 heteroatoms. The van der Waals surface area contributed by atoms with Gasteiger partial charge in [-0.3, -0.25) is 0 Å². The van der Waals surface area contributed by atoms with Gasteiger partial charge in [-0.15, -0.1) is 0 Å². The molecule has 0 heterocycles. The van der Waals surface area contributed by atoms with Gasteiger partial charge in [0.05, 0.1) is 24.4 Å². The second kappa shape index (κ2) is 10.2. The first-order chi connectivity index (χ1) is 16.5. The Hall–Kier alpha value is -1.88. The normalized spacial score (nSPS) is 33.5. The molecule has 0 radical (unpaired) electrons. The van der Waals surface area contributed by atoms with Crippen LogP contribution in [0.15, 0.2) is 59.7 Å². The van der Waals surface area contributed by atoms with Gasteiger partial charge in [-0.25, -0.2) is 0 Å². The summed E-state index contributed by atoms with van der Waals surface area (Å²) < 4.78 is 6.23. The highest BCUT2D eigenvalue weighted by atomic mass is 16.5. The number of hydrogen-bond donors (Lipinski definition) is 3. The second-order valence-corrected chi connectivity index (χ2v) is 12.1. The van der Waals surface area contributed by atoms with Gasteiger partial charge in [-0.2, -0.15) is 0 Å². The number of fused-ring (bicyclic) bond motifs is 1. The van der Waals surface area contributed by atoms with Gasteiger partial charge in [0.1, 0.15) is 5.75 Å². The van der Waals surface area contributed by atoms with Gasteiger partial charge in [0.25, 0.3) is 0 Å². The number of aliphatic hydroxyl groups excluding tert-OH is 2. The summed E-state index contributed by atoms with van der Waals surface area (Å²) in [7, 11) is 0. The van der Waals surface area contributed by atoms with Crippen molar-refractivity contribution >= 4 is 0 Å². The van der Waals surface area contributed by atoms with E-state index in [1.54, 1.807) is 13.8 Å². The van der Waals surface area contributed by atoms with E-state index in [9.17, 15) is 15.3 Å². The third-order valence-corrected chi connectivity index (χ3v) is 9.08. The van der Waals surface area contributed by atoms with Crippen molar-refractivity contribution in [2.45, 2.75) is 90.4 Å². The smallest absolute Gasteiger partial charge is 0.119 e. The molecule has 0 amide bonds. The van der Waals surface area contributed by atoms with E-state index < -0.39 is 17.8 Å². The number of ether oxygens (including phenoxy) is 1. The van der Waals surface area contributed by atoms with Crippen LogP contribution in [0.3, 0.4) is 0 Å². The van der Waals surface area contributed by atoms with Crippen molar-refractivity contribution in [1.29, 1.82) is 0 Å². The fraction of sp³-hybridized carbons (Fsp3) is 0.613. The van der Waals surface area contributed by atoms with E-state index in [0.717, 1.165) is 23.3 Å². The minimum atomic E-state index is -0.876. The maximum Gasteiger partial charge on any atom is 0.119 e. The van der Waals surface area contributed by atoms with Gasteiger partial charge in [-0.05, 0) is 105 Å². The highest BCUT2D eigenvalue weighted by molar-refractivity contribution is 5.32. The third-order valence-electron chi connectivity index (χ3n) is 9.08. The van der Waals surface area contributed by atoms with Crippen molar-refractivity contribution in [2.24, 2.45) is 23.2 Å². The predicted molar refractivity (Wildman–Crippen MR) is 141 cm³/mol. The molecule has 3 aliphatic rings. The molecule has 192 valence electrons. The average Bonchev–Trinajstić information content (AvgIpc) is 3.16. The van der Waals surface area contributed by atoms with Crippen molar-refractivity contribution in [1.82, 2.24) is 0 Å². The molecule has 1 aromatic carbocycles. The molecule has 0 bridgehead atoms. The van der Waals surface area contributed by atoms with Crippen LogP contribution < -0.4 is 4.74 Å². The average molecular weight is 481 g/mol. The van der Waals surface area contributed by atoms with Crippen LogP contribution in [0.25, 0.3) is 0 Å². The van der Waals surface area contributed by atoms with E-state index in [4.69, 9.17) is 4.74 Å². The van der Waals surface area contributed by atoms with Crippen molar-refractivity contribution in [3.8, 4) is 5.75 Å². The van der Waals surface area contributed by atoms with Crippen LogP contribution in [0.1, 0.15) is 78.2 Å². The Kier molecular flexibility index (Phi) is 7.66. The highest BCUT2D eigenvalue weighted by Gasteiger charge is 2.50. The lowest BCUT2D eigenvalue weighted by atomic mass is 9.61. The molecular formula is C31H44O4. The van der Waals surface area contributed by atoms with Gasteiger partial charge in [-0.1, -0.05) is 55.9 Å². The zero-order chi connectivity index (χ0) is 25.4. The van der Waals surface area contributed by atoms with E-state index in [0.29, 0.717) is 42.8 Å². The molecule has 6 atom stereocenters. The van der Waals surface area contributed by atoms with Crippen LogP contribution in [0.5, 0.6) is 5.75 Å². The van der Waals surface area contributed by atoms with Crippen LogP contribution >= 0.6 is 0 Å². The fourth-order valence-electron chi connectivity index (χ4n) is 6.95. The predicted octanol–water partition coefficient (Wildman–Crippen LogP) is 6.07. The molecule has 0 spiro atoms. The Balaban J connectivity index is 1.43. The number of allylic oxidation sites excluding steroid dienone is 3. The quantitative estimate of drug-likeness (QED) is 0.432. The molecule has 0 aliphatic heterocycles. The standard InChI is InChI=1S/C31H44O4/c1-20(19-35-25-10-6-9-24(18-25)30(3,4)34)26-13-14-27-23(8-7-15-31(26,27)5)12-11-22-16-28(32)21(2)29(33)17-22/h6,9-12,18,20,26-29,32-34H,2,7-8,13-17,19H2,1,3-5H3/b23-12+/t20?,26?,27?,28-,29-,31?/m1/s1. The van der Waals surface area contributed by atoms with Gasteiger partial charge in [0, 0.05) is 0 Å². The largest absolute Gasteiger partial charge is 0.493 e. The van der Waals surface area contributed by atoms with Crippen molar-refractivity contribution < 1.29 is 20.1 Å². The molecule has 3 saturated carbocycles. The van der Waals surface area contributed by atoms with Gasteiger partial charge >= 0.3 is 0 Å². The lowest BCUT2D eigenvalue weighted by Gasteiger charge is -2.44. The topological polar surface area (TPSA) is 69.9 Å². The molecular weight excluding hydrogens is 436 g/mol. The van der Waals surface area contributed by atoms with Crippen molar-refractivity contribution in [2.75, 3.05) is 6.61 Å². The number of hydrogen-bond acceptors (Lipinski definition) is 4. The third kappa shape index (κ3) is 5.60. The maximum absolute atomic E-state index is 10.3. The first-order valence-corrected chi connectivity index (χ1v) is 13.4. The van der Waals surface area contributed by atoms with Crippen LogP contribution in [-0.4, -0.2) is 34.1 Å². The summed E-state index contributed by atoms with van der Waals surface area (Å²) in [6, 6.07) is 7.82. The van der Waals surface area contributed by atoms with E-state index >= 15 is 0 Å². The minimum absolute atomic E-state index is 0.278. The summed E-state index contributed by atoms with van der Waals surface area (Å²) in [5.74, 6) is 2.48. The van der Waals surface area contributed by atoms with Gasteiger partial charge < -0.3 is 20.1 Å². The molecule has 35 heavy (non-hydrogen) atoms. The number of aliphatic hydroxyl groups is 3. The maximum atomic E-state index is 10.3. The second-order valence-electron chi connectivity index (χ2n) is 12.1. The van der Waals surface area contributed by atoms with E-state index in [-0.39, 0.29) is 5.41 Å². The Morgan fingerprint density at radius 1 is 1.17 bits per heavy atom. The summed E-state index contributed by atoms with van der Waals surface area (Å²) in [5.41, 5.74) is 3.46. The van der Waals surface area contributed by atoms with Crippen molar-refractivity contribution in [3.05, 3.63) is 65.3 Å². The van der Waals surface area contributed by atoms with Crippen LogP contribution in [0.2, 0.25) is 0 Å². The molecule has 3 aliphatic carbocycles. The van der Waals surface area contributed by atoms with Crippen LogP contribution in [-0.2, 0) is 5.60 Å². The molecule has 1 aromatic rings. The first-order valence-electron chi connectivity index (χ1n) is 13.4. The summed E-state index contributed by atoms with van der Waals surface area (Å²) in [4.78, 5) is 0. The van der Waals surface area contributed by atoms with Gasteiger partial charge in [0.2, 0.25) is 0 Å². The SMILES string of the molecule is C=C1[C@H](O)CC(=C/C=C2\CCCC3(C)C2CCC3C(C)COc2cccc(C(C)(C)O)c2)C[C@H]1O. The van der Waals surface area contributed by atoms with Crippen LogP contribution in [0.4, 0.5) is 0 Å². The minimum Gasteiger partial charge on any atom is -0.493 e. The summed E-state index contributed by atoms with van der Waals surface area (Å²) >= 11 is 0. The molecule has 4 nitrogen and oxygen atoms in total. The Morgan fingerprint density at radius 2 is 1.89 bits per heavy atom. The molecule has 3 fully saturated rings. The monoisotopic (exact) mass is 480 g/mol. The lowest BCUT2D eigenvalue weighted by molar-refractivity contribution is 0.0727. The molecule has 4 rings (SSSR count).